The predicted molar refractivity (Wildman–Crippen MR) is 67.6 cm³/mol. The van der Waals surface area contributed by atoms with Crippen LogP contribution in [0.25, 0.3) is 0 Å². The van der Waals surface area contributed by atoms with Crippen molar-refractivity contribution in [1.29, 1.82) is 0 Å². The highest BCUT2D eigenvalue weighted by Gasteiger charge is 2.19. The minimum atomic E-state index is 0. The van der Waals surface area contributed by atoms with Gasteiger partial charge in [-0.1, -0.05) is 6.92 Å². The number of likely N-dealkylation sites (tertiary alicyclic amines) is 1. The summed E-state index contributed by atoms with van der Waals surface area (Å²) in [6.07, 6.45) is 6.38. The Hall–Kier alpha value is -0.580. The molecular weight excluding hydrogens is 224 g/mol. The maximum atomic E-state index is 5.87. The van der Waals surface area contributed by atoms with Gasteiger partial charge in [0.1, 0.15) is 0 Å². The molecule has 5 heteroatoms. The number of halogens is 1. The zero-order valence-corrected chi connectivity index (χ0v) is 10.6. The van der Waals surface area contributed by atoms with E-state index in [1.54, 1.807) is 0 Å². The van der Waals surface area contributed by atoms with Crippen LogP contribution in [0.3, 0.4) is 0 Å². The summed E-state index contributed by atoms with van der Waals surface area (Å²) < 4.78 is 2.02. The Morgan fingerprint density at radius 1 is 1.56 bits per heavy atom. The van der Waals surface area contributed by atoms with Gasteiger partial charge in [-0.2, -0.15) is 5.10 Å². The highest BCUT2D eigenvalue weighted by Crippen LogP contribution is 2.11. The standard InChI is InChI=1S/C11H20N4.ClH/c1-2-4-15-8-10(6-13-15)7-14-5-3-11(12)9-14;/h6,8,11H,2-5,7,9,12H2,1H3;1H. The molecule has 0 aromatic carbocycles. The molecule has 2 N–H and O–H groups in total. The maximum absolute atomic E-state index is 5.87. The molecule has 1 fully saturated rings. The number of nitrogens with zero attached hydrogens (tertiary/aromatic N) is 3. The lowest BCUT2D eigenvalue weighted by Crippen LogP contribution is -2.26. The monoisotopic (exact) mass is 244 g/mol. The van der Waals surface area contributed by atoms with Gasteiger partial charge in [-0.15, -0.1) is 12.4 Å². The zero-order valence-electron chi connectivity index (χ0n) is 9.80. The summed E-state index contributed by atoms with van der Waals surface area (Å²) in [6.45, 7) is 6.33. The molecule has 0 radical (unpaired) electrons. The van der Waals surface area contributed by atoms with Crippen LogP contribution in [0.1, 0.15) is 25.3 Å². The molecule has 1 unspecified atom stereocenters. The van der Waals surface area contributed by atoms with Crippen LogP contribution in [0.15, 0.2) is 12.4 Å². The van der Waals surface area contributed by atoms with Crippen LogP contribution >= 0.6 is 12.4 Å². The average molecular weight is 245 g/mol. The molecule has 0 amide bonds. The quantitative estimate of drug-likeness (QED) is 0.867. The molecule has 0 aliphatic carbocycles. The first-order valence-electron chi connectivity index (χ1n) is 5.77. The SMILES string of the molecule is CCCn1cc(CN2CCC(N)C2)cn1.Cl. The first kappa shape index (κ1) is 13.5. The van der Waals surface area contributed by atoms with E-state index < -0.39 is 0 Å². The minimum absolute atomic E-state index is 0. The third-order valence-electron chi connectivity index (χ3n) is 2.85. The molecule has 1 atom stereocenters. The van der Waals surface area contributed by atoms with E-state index in [0.717, 1.165) is 39.0 Å². The molecule has 1 aromatic heterocycles. The van der Waals surface area contributed by atoms with Crippen molar-refractivity contribution in [2.75, 3.05) is 13.1 Å². The third kappa shape index (κ3) is 3.47. The van der Waals surface area contributed by atoms with Gasteiger partial charge in [-0.05, 0) is 12.8 Å². The van der Waals surface area contributed by atoms with Gasteiger partial charge in [0.05, 0.1) is 6.20 Å². The topological polar surface area (TPSA) is 47.1 Å². The molecule has 0 spiro atoms. The number of hydrogen-bond donors (Lipinski definition) is 1. The highest BCUT2D eigenvalue weighted by atomic mass is 35.5. The van der Waals surface area contributed by atoms with E-state index in [2.05, 4.69) is 23.1 Å². The van der Waals surface area contributed by atoms with E-state index in [4.69, 9.17) is 5.73 Å². The number of aromatic nitrogens is 2. The van der Waals surface area contributed by atoms with Crippen LogP contribution in [0.4, 0.5) is 0 Å². The van der Waals surface area contributed by atoms with Crippen LogP contribution in [0.2, 0.25) is 0 Å². The summed E-state index contributed by atoms with van der Waals surface area (Å²) in [5, 5.41) is 4.33. The van der Waals surface area contributed by atoms with Crippen molar-refractivity contribution in [2.45, 2.75) is 38.9 Å². The van der Waals surface area contributed by atoms with E-state index in [-0.39, 0.29) is 12.4 Å². The van der Waals surface area contributed by atoms with Crippen LogP contribution in [0.5, 0.6) is 0 Å². The number of hydrogen-bond acceptors (Lipinski definition) is 3. The summed E-state index contributed by atoms with van der Waals surface area (Å²) >= 11 is 0. The van der Waals surface area contributed by atoms with E-state index in [0.29, 0.717) is 6.04 Å². The van der Waals surface area contributed by atoms with Crippen LogP contribution < -0.4 is 5.73 Å². The Labute approximate surface area is 103 Å². The Morgan fingerprint density at radius 3 is 3.00 bits per heavy atom. The van der Waals surface area contributed by atoms with Gasteiger partial charge in [0.2, 0.25) is 0 Å². The van der Waals surface area contributed by atoms with E-state index >= 15 is 0 Å². The van der Waals surface area contributed by atoms with Crippen molar-refractivity contribution in [3.63, 3.8) is 0 Å². The summed E-state index contributed by atoms with van der Waals surface area (Å²) in [5.41, 5.74) is 7.17. The minimum Gasteiger partial charge on any atom is -0.326 e. The second kappa shape index (κ2) is 6.23. The van der Waals surface area contributed by atoms with Crippen molar-refractivity contribution < 1.29 is 0 Å². The number of aryl methyl sites for hydroxylation is 1. The van der Waals surface area contributed by atoms with Gasteiger partial charge in [0.15, 0.2) is 0 Å². The molecule has 0 saturated carbocycles. The molecule has 0 bridgehead atoms. The molecule has 2 rings (SSSR count). The van der Waals surface area contributed by atoms with Crippen LogP contribution in [-0.4, -0.2) is 33.8 Å². The van der Waals surface area contributed by atoms with Gasteiger partial charge < -0.3 is 5.73 Å². The lowest BCUT2D eigenvalue weighted by Gasteiger charge is -2.13. The van der Waals surface area contributed by atoms with Gasteiger partial charge >= 0.3 is 0 Å². The van der Waals surface area contributed by atoms with Crippen molar-refractivity contribution in [3.05, 3.63) is 18.0 Å². The number of nitrogens with two attached hydrogens (primary N) is 1. The van der Waals surface area contributed by atoms with Crippen molar-refractivity contribution in [3.8, 4) is 0 Å². The van der Waals surface area contributed by atoms with Crippen molar-refractivity contribution in [1.82, 2.24) is 14.7 Å². The molecule has 1 aromatic rings. The predicted octanol–water partition coefficient (Wildman–Crippen LogP) is 1.25. The zero-order chi connectivity index (χ0) is 10.7. The van der Waals surface area contributed by atoms with Gasteiger partial charge in [0, 0.05) is 44.0 Å². The van der Waals surface area contributed by atoms with Gasteiger partial charge in [-0.3, -0.25) is 9.58 Å². The second-order valence-corrected chi connectivity index (χ2v) is 4.40. The molecular formula is C11H21ClN4. The molecule has 2 heterocycles. The van der Waals surface area contributed by atoms with Crippen LogP contribution in [-0.2, 0) is 13.1 Å². The highest BCUT2D eigenvalue weighted by molar-refractivity contribution is 5.85. The van der Waals surface area contributed by atoms with Crippen molar-refractivity contribution in [2.24, 2.45) is 5.73 Å². The normalized spacial score (nSPS) is 21.0. The summed E-state index contributed by atoms with van der Waals surface area (Å²) in [6, 6.07) is 0.371. The van der Waals surface area contributed by atoms with Gasteiger partial charge in [0.25, 0.3) is 0 Å². The Bertz CT molecular complexity index is 313. The summed E-state index contributed by atoms with van der Waals surface area (Å²) in [7, 11) is 0. The lowest BCUT2D eigenvalue weighted by molar-refractivity contribution is 0.327. The van der Waals surface area contributed by atoms with Gasteiger partial charge in [-0.25, -0.2) is 0 Å². The molecule has 16 heavy (non-hydrogen) atoms. The summed E-state index contributed by atoms with van der Waals surface area (Å²) in [5.74, 6) is 0. The molecule has 1 saturated heterocycles. The van der Waals surface area contributed by atoms with Crippen molar-refractivity contribution >= 4 is 12.4 Å². The lowest BCUT2D eigenvalue weighted by atomic mass is 10.3. The largest absolute Gasteiger partial charge is 0.326 e. The first-order chi connectivity index (χ1) is 7.28. The fraction of sp³-hybridized carbons (Fsp3) is 0.727. The van der Waals surface area contributed by atoms with Crippen LogP contribution in [0, 0.1) is 0 Å². The smallest absolute Gasteiger partial charge is 0.0534 e. The summed E-state index contributed by atoms with van der Waals surface area (Å²) in [4.78, 5) is 2.40. The Balaban J connectivity index is 0.00000128. The fourth-order valence-electron chi connectivity index (χ4n) is 2.10. The third-order valence-corrected chi connectivity index (χ3v) is 2.85. The Kier molecular flexibility index (Phi) is 5.25. The average Bonchev–Trinajstić information content (AvgIpc) is 2.78. The second-order valence-electron chi connectivity index (χ2n) is 4.40. The number of rotatable bonds is 4. The van der Waals surface area contributed by atoms with E-state index in [1.165, 1.54) is 5.56 Å². The molecule has 4 nitrogen and oxygen atoms in total. The maximum Gasteiger partial charge on any atom is 0.0534 e. The first-order valence-corrected chi connectivity index (χ1v) is 5.77. The molecule has 1 aliphatic rings. The molecule has 92 valence electrons. The fourth-order valence-corrected chi connectivity index (χ4v) is 2.10. The van der Waals surface area contributed by atoms with E-state index in [1.807, 2.05) is 10.9 Å². The Morgan fingerprint density at radius 2 is 2.38 bits per heavy atom. The van der Waals surface area contributed by atoms with E-state index in [9.17, 15) is 0 Å². The molecule has 1 aliphatic heterocycles.